The van der Waals surface area contributed by atoms with E-state index in [1.165, 1.54) is 0 Å². The predicted octanol–water partition coefficient (Wildman–Crippen LogP) is 2.94. The van der Waals surface area contributed by atoms with Gasteiger partial charge in [0.25, 0.3) is 0 Å². The Balaban J connectivity index is 3.08. The highest BCUT2D eigenvalue weighted by Gasteiger charge is 2.16. The lowest BCUT2D eigenvalue weighted by atomic mass is 9.92. The second-order valence-corrected chi connectivity index (χ2v) is 4.57. The first-order chi connectivity index (χ1) is 7.41. The fourth-order valence-electron chi connectivity index (χ4n) is 1.69. The first-order valence-corrected chi connectivity index (χ1v) is 5.56. The number of hydrogen-bond donors (Lipinski definition) is 2. The Hall–Kier alpha value is -1.06. The summed E-state index contributed by atoms with van der Waals surface area (Å²) in [6.45, 7) is 4.08. The molecule has 0 fully saturated rings. The Bertz CT molecular complexity index is 391. The van der Waals surface area contributed by atoms with Gasteiger partial charge in [0.1, 0.15) is 0 Å². The molecule has 0 bridgehead atoms. The van der Waals surface area contributed by atoms with Crippen LogP contribution in [0.15, 0.2) is 18.2 Å². The van der Waals surface area contributed by atoms with Crippen LogP contribution < -0.4 is 5.73 Å². The van der Waals surface area contributed by atoms with Gasteiger partial charge in [-0.15, -0.1) is 0 Å². The van der Waals surface area contributed by atoms with Gasteiger partial charge in [0.15, 0.2) is 0 Å². The number of halogens is 1. The van der Waals surface area contributed by atoms with Crippen molar-refractivity contribution in [3.05, 3.63) is 34.3 Å². The molecule has 0 aliphatic heterocycles. The van der Waals surface area contributed by atoms with E-state index in [2.05, 4.69) is 0 Å². The van der Waals surface area contributed by atoms with Gasteiger partial charge in [-0.3, -0.25) is 4.79 Å². The first kappa shape index (κ1) is 13.0. The van der Waals surface area contributed by atoms with Gasteiger partial charge in [0, 0.05) is 11.1 Å². The number of rotatable bonds is 4. The molecule has 88 valence electrons. The first-order valence-electron chi connectivity index (χ1n) is 5.18. The van der Waals surface area contributed by atoms with Crippen LogP contribution >= 0.6 is 11.6 Å². The molecule has 1 aromatic carbocycles. The smallest absolute Gasteiger partial charge is 0.305 e. The maximum Gasteiger partial charge on any atom is 0.305 e. The van der Waals surface area contributed by atoms with Crippen molar-refractivity contribution in [1.82, 2.24) is 0 Å². The van der Waals surface area contributed by atoms with Crippen molar-refractivity contribution in [2.24, 2.45) is 5.73 Å². The molecule has 0 spiro atoms. The van der Waals surface area contributed by atoms with Crippen LogP contribution in [-0.4, -0.2) is 11.1 Å². The molecule has 3 nitrogen and oxygen atoms in total. The largest absolute Gasteiger partial charge is 0.481 e. The zero-order chi connectivity index (χ0) is 12.3. The minimum atomic E-state index is -0.901. The molecular formula is C12H16ClNO2. The zero-order valence-corrected chi connectivity index (χ0v) is 10.2. The van der Waals surface area contributed by atoms with Crippen LogP contribution in [0, 0.1) is 0 Å². The summed E-state index contributed by atoms with van der Waals surface area (Å²) < 4.78 is 0. The van der Waals surface area contributed by atoms with E-state index >= 15 is 0 Å². The summed E-state index contributed by atoms with van der Waals surface area (Å²) in [5, 5.41) is 9.31. The van der Waals surface area contributed by atoms with E-state index in [1.807, 2.05) is 19.9 Å². The van der Waals surface area contributed by atoms with E-state index in [0.717, 1.165) is 11.1 Å². The third-order valence-corrected chi connectivity index (χ3v) is 2.70. The van der Waals surface area contributed by atoms with Crippen molar-refractivity contribution < 1.29 is 9.90 Å². The molecule has 0 radical (unpaired) electrons. The minimum absolute atomic E-state index is 0.0833. The normalized spacial score (nSPS) is 12.8. The van der Waals surface area contributed by atoms with Crippen LogP contribution in [0.2, 0.25) is 5.02 Å². The highest BCUT2D eigenvalue weighted by Crippen LogP contribution is 2.28. The number of carboxylic acid groups (broad SMARTS) is 1. The van der Waals surface area contributed by atoms with Gasteiger partial charge in [-0.05, 0) is 29.2 Å². The van der Waals surface area contributed by atoms with Crippen LogP contribution in [0.3, 0.4) is 0 Å². The van der Waals surface area contributed by atoms with Crippen molar-refractivity contribution in [2.75, 3.05) is 0 Å². The lowest BCUT2D eigenvalue weighted by Crippen LogP contribution is -2.17. The summed E-state index contributed by atoms with van der Waals surface area (Å²) in [5.41, 5.74) is 7.74. The van der Waals surface area contributed by atoms with E-state index in [4.69, 9.17) is 22.4 Å². The molecule has 1 unspecified atom stereocenters. The number of nitrogens with two attached hydrogens (primary N) is 1. The molecular weight excluding hydrogens is 226 g/mol. The number of hydrogen-bond acceptors (Lipinski definition) is 2. The van der Waals surface area contributed by atoms with Gasteiger partial charge >= 0.3 is 5.97 Å². The Morgan fingerprint density at radius 3 is 2.56 bits per heavy atom. The monoisotopic (exact) mass is 241 g/mol. The fourth-order valence-corrected chi connectivity index (χ4v) is 1.87. The number of carboxylic acids is 1. The van der Waals surface area contributed by atoms with Gasteiger partial charge < -0.3 is 10.8 Å². The number of benzene rings is 1. The Morgan fingerprint density at radius 2 is 2.06 bits per heavy atom. The van der Waals surface area contributed by atoms with Gasteiger partial charge in [-0.1, -0.05) is 31.5 Å². The van der Waals surface area contributed by atoms with Crippen molar-refractivity contribution in [2.45, 2.75) is 32.2 Å². The Morgan fingerprint density at radius 1 is 1.44 bits per heavy atom. The van der Waals surface area contributed by atoms with Gasteiger partial charge in [0.2, 0.25) is 0 Å². The van der Waals surface area contributed by atoms with Crippen molar-refractivity contribution in [3.63, 3.8) is 0 Å². The SMILES string of the molecule is CC(C)c1ccc(Cl)cc1C(N)CC(=O)O. The molecule has 0 saturated carbocycles. The molecule has 0 heterocycles. The quantitative estimate of drug-likeness (QED) is 0.852. The van der Waals surface area contributed by atoms with Gasteiger partial charge in [-0.25, -0.2) is 0 Å². The molecule has 1 atom stereocenters. The standard InChI is InChI=1S/C12H16ClNO2/c1-7(2)9-4-3-8(13)5-10(9)11(14)6-12(15)16/h3-5,7,11H,6,14H2,1-2H3,(H,15,16). The fraction of sp³-hybridized carbons (Fsp3) is 0.417. The van der Waals surface area contributed by atoms with Crippen LogP contribution in [0.5, 0.6) is 0 Å². The second kappa shape index (κ2) is 5.32. The molecule has 0 aliphatic rings. The lowest BCUT2D eigenvalue weighted by Gasteiger charge is -2.17. The van der Waals surface area contributed by atoms with Crippen molar-refractivity contribution in [3.8, 4) is 0 Å². The summed E-state index contributed by atoms with van der Waals surface area (Å²) in [5.74, 6) is -0.603. The molecule has 3 N–H and O–H groups in total. The number of carbonyl (C=O) groups is 1. The molecule has 1 rings (SSSR count). The summed E-state index contributed by atoms with van der Waals surface area (Å²) >= 11 is 5.90. The maximum absolute atomic E-state index is 10.6. The molecule has 0 saturated heterocycles. The molecule has 16 heavy (non-hydrogen) atoms. The molecule has 0 aliphatic carbocycles. The predicted molar refractivity (Wildman–Crippen MR) is 64.7 cm³/mol. The van der Waals surface area contributed by atoms with E-state index in [0.29, 0.717) is 10.9 Å². The molecule has 0 aromatic heterocycles. The highest BCUT2D eigenvalue weighted by atomic mass is 35.5. The molecule has 0 amide bonds. The van der Waals surface area contributed by atoms with Crippen LogP contribution in [0.4, 0.5) is 0 Å². The minimum Gasteiger partial charge on any atom is -0.481 e. The van der Waals surface area contributed by atoms with Gasteiger partial charge in [0.05, 0.1) is 6.42 Å². The highest BCUT2D eigenvalue weighted by molar-refractivity contribution is 6.30. The zero-order valence-electron chi connectivity index (χ0n) is 9.40. The van der Waals surface area contributed by atoms with Gasteiger partial charge in [-0.2, -0.15) is 0 Å². The number of aliphatic carboxylic acids is 1. The summed E-state index contributed by atoms with van der Waals surface area (Å²) in [4.78, 5) is 10.6. The average Bonchev–Trinajstić information content (AvgIpc) is 2.15. The van der Waals surface area contributed by atoms with E-state index in [1.54, 1.807) is 12.1 Å². The molecule has 4 heteroatoms. The maximum atomic E-state index is 10.6. The third kappa shape index (κ3) is 3.22. The molecule has 1 aromatic rings. The van der Waals surface area contributed by atoms with Crippen molar-refractivity contribution >= 4 is 17.6 Å². The third-order valence-electron chi connectivity index (χ3n) is 2.46. The second-order valence-electron chi connectivity index (χ2n) is 4.13. The topological polar surface area (TPSA) is 63.3 Å². The van der Waals surface area contributed by atoms with Crippen LogP contribution in [0.1, 0.15) is 43.4 Å². The summed E-state index contributed by atoms with van der Waals surface area (Å²) in [6, 6.07) is 4.95. The Labute approximate surface area is 100 Å². The van der Waals surface area contributed by atoms with Crippen molar-refractivity contribution in [1.29, 1.82) is 0 Å². The lowest BCUT2D eigenvalue weighted by molar-refractivity contribution is -0.137. The Kier molecular flexibility index (Phi) is 4.33. The van der Waals surface area contributed by atoms with E-state index in [-0.39, 0.29) is 6.42 Å². The summed E-state index contributed by atoms with van der Waals surface area (Å²) in [7, 11) is 0. The van der Waals surface area contributed by atoms with E-state index < -0.39 is 12.0 Å². The van der Waals surface area contributed by atoms with E-state index in [9.17, 15) is 4.79 Å². The average molecular weight is 242 g/mol. The summed E-state index contributed by atoms with van der Waals surface area (Å²) in [6.07, 6.45) is -0.0833. The van der Waals surface area contributed by atoms with Crippen LogP contribution in [-0.2, 0) is 4.79 Å². The van der Waals surface area contributed by atoms with Crippen LogP contribution in [0.25, 0.3) is 0 Å².